The van der Waals surface area contributed by atoms with Gasteiger partial charge in [0, 0.05) is 10.6 Å². The monoisotopic (exact) mass is 434 g/mol. The number of carbonyl (C=O) groups is 2. The molecule has 1 heterocycles. The van der Waals surface area contributed by atoms with Crippen molar-refractivity contribution in [3.8, 4) is 11.5 Å². The molecule has 0 radical (unpaired) electrons. The van der Waals surface area contributed by atoms with Crippen molar-refractivity contribution in [2.75, 3.05) is 20.8 Å². The van der Waals surface area contributed by atoms with Gasteiger partial charge in [-0.25, -0.2) is 0 Å². The molecule has 7 nitrogen and oxygen atoms in total. The number of hydrogen-bond donors (Lipinski definition) is 0. The molecule has 29 heavy (non-hydrogen) atoms. The fourth-order valence-corrected chi connectivity index (χ4v) is 4.05. The van der Waals surface area contributed by atoms with E-state index >= 15 is 0 Å². The van der Waals surface area contributed by atoms with E-state index in [0.717, 1.165) is 10.2 Å². The molecule has 0 saturated carbocycles. The lowest BCUT2D eigenvalue weighted by Gasteiger charge is -2.08. The molecule has 0 spiro atoms. The number of benzene rings is 2. The summed E-state index contributed by atoms with van der Waals surface area (Å²) < 4.78 is 17.9. The summed E-state index contributed by atoms with van der Waals surface area (Å²) in [6.45, 7) is 1.94. The third-order valence-corrected chi connectivity index (χ3v) is 5.34. The first-order valence-electron chi connectivity index (χ1n) is 8.72. The Morgan fingerprint density at radius 1 is 1.10 bits per heavy atom. The summed E-state index contributed by atoms with van der Waals surface area (Å²) in [6, 6.07) is 10.1. The maximum atomic E-state index is 12.8. The number of aromatic nitrogens is 1. The van der Waals surface area contributed by atoms with Crippen LogP contribution in [-0.4, -0.2) is 37.3 Å². The summed E-state index contributed by atoms with van der Waals surface area (Å²) in [7, 11) is 3.01. The normalized spacial score (nSPS) is 11.5. The maximum absolute atomic E-state index is 12.8. The number of carbonyl (C=O) groups excluding carboxylic acids is 2. The topological polar surface area (TPSA) is 79.1 Å². The summed E-state index contributed by atoms with van der Waals surface area (Å²) in [5.41, 5.74) is 1.08. The summed E-state index contributed by atoms with van der Waals surface area (Å²) in [6.07, 6.45) is 0. The molecule has 3 rings (SSSR count). The van der Waals surface area contributed by atoms with Crippen molar-refractivity contribution in [2.45, 2.75) is 13.5 Å². The van der Waals surface area contributed by atoms with E-state index in [1.807, 2.05) is 0 Å². The van der Waals surface area contributed by atoms with Crippen LogP contribution in [0.5, 0.6) is 11.5 Å². The molecule has 0 aliphatic heterocycles. The quantitative estimate of drug-likeness (QED) is 0.553. The summed E-state index contributed by atoms with van der Waals surface area (Å²) in [5, 5.41) is 0.555. The Morgan fingerprint density at radius 2 is 1.86 bits per heavy atom. The van der Waals surface area contributed by atoms with Crippen LogP contribution in [0.3, 0.4) is 0 Å². The van der Waals surface area contributed by atoms with Crippen LogP contribution in [-0.2, 0) is 16.1 Å². The minimum absolute atomic E-state index is 0.0620. The first-order valence-corrected chi connectivity index (χ1v) is 9.91. The zero-order chi connectivity index (χ0) is 21.0. The molecule has 3 aromatic rings. The molecule has 0 atom stereocenters. The van der Waals surface area contributed by atoms with Crippen molar-refractivity contribution >= 4 is 45.0 Å². The number of amides is 1. The lowest BCUT2D eigenvalue weighted by molar-refractivity contribution is -0.143. The lowest BCUT2D eigenvalue weighted by atomic mass is 10.2. The van der Waals surface area contributed by atoms with E-state index in [2.05, 4.69) is 4.99 Å². The average molecular weight is 435 g/mol. The largest absolute Gasteiger partial charge is 0.493 e. The van der Waals surface area contributed by atoms with E-state index in [4.69, 9.17) is 25.8 Å². The lowest BCUT2D eigenvalue weighted by Crippen LogP contribution is -2.23. The van der Waals surface area contributed by atoms with Crippen LogP contribution in [0.4, 0.5) is 0 Å². The molecule has 9 heteroatoms. The molecule has 0 aliphatic carbocycles. The van der Waals surface area contributed by atoms with Crippen LogP contribution in [0.25, 0.3) is 10.2 Å². The maximum Gasteiger partial charge on any atom is 0.326 e. The van der Waals surface area contributed by atoms with Crippen LogP contribution in [0.1, 0.15) is 17.3 Å². The number of thiazole rings is 1. The van der Waals surface area contributed by atoms with Gasteiger partial charge in [0.05, 0.1) is 31.0 Å². The standard InChI is InChI=1S/C20H19ClN2O5S/c1-4-28-18(24)11-23-14-7-6-13(21)10-17(14)29-20(23)22-19(25)12-5-8-15(26-2)16(9-12)27-3/h5-10H,4,11H2,1-3H3. The first-order chi connectivity index (χ1) is 14.0. The number of esters is 1. The number of ether oxygens (including phenoxy) is 3. The first kappa shape index (κ1) is 20.9. The van der Waals surface area contributed by atoms with E-state index < -0.39 is 11.9 Å². The van der Waals surface area contributed by atoms with Crippen molar-refractivity contribution in [2.24, 2.45) is 4.99 Å². The number of fused-ring (bicyclic) bond motifs is 1. The molecule has 1 amide bonds. The molecule has 152 valence electrons. The molecular formula is C20H19ClN2O5S. The van der Waals surface area contributed by atoms with Crippen molar-refractivity contribution in [1.82, 2.24) is 4.57 Å². The second-order valence-corrected chi connectivity index (χ2v) is 7.32. The molecule has 1 aromatic heterocycles. The fraction of sp³-hybridized carbons (Fsp3) is 0.250. The third kappa shape index (κ3) is 4.60. The van der Waals surface area contributed by atoms with Gasteiger partial charge in [0.15, 0.2) is 16.3 Å². The van der Waals surface area contributed by atoms with E-state index in [1.165, 1.54) is 25.6 Å². The molecule has 0 bridgehead atoms. The van der Waals surface area contributed by atoms with Crippen LogP contribution in [0.2, 0.25) is 5.02 Å². The zero-order valence-electron chi connectivity index (χ0n) is 16.1. The van der Waals surface area contributed by atoms with E-state index in [9.17, 15) is 9.59 Å². The van der Waals surface area contributed by atoms with Gasteiger partial charge in [0.2, 0.25) is 0 Å². The Hall–Kier alpha value is -2.84. The number of methoxy groups -OCH3 is 2. The smallest absolute Gasteiger partial charge is 0.326 e. The van der Waals surface area contributed by atoms with Gasteiger partial charge in [-0.3, -0.25) is 9.59 Å². The van der Waals surface area contributed by atoms with Gasteiger partial charge in [-0.05, 0) is 43.3 Å². The molecule has 0 fully saturated rings. The van der Waals surface area contributed by atoms with E-state index in [1.54, 1.807) is 47.9 Å². The molecule has 0 N–H and O–H groups in total. The highest BCUT2D eigenvalue weighted by Crippen LogP contribution is 2.28. The SMILES string of the molecule is CCOC(=O)Cn1c(=NC(=O)c2ccc(OC)c(OC)c2)sc2cc(Cl)ccc21. The highest BCUT2D eigenvalue weighted by Gasteiger charge is 2.14. The Morgan fingerprint density at radius 3 is 2.55 bits per heavy atom. The second-order valence-electron chi connectivity index (χ2n) is 5.87. The molecule has 2 aromatic carbocycles. The molecular weight excluding hydrogens is 416 g/mol. The number of nitrogens with zero attached hydrogens (tertiary/aromatic N) is 2. The fourth-order valence-electron chi connectivity index (χ4n) is 2.74. The molecule has 0 unspecified atom stereocenters. The number of hydrogen-bond acceptors (Lipinski definition) is 6. The number of rotatable bonds is 6. The van der Waals surface area contributed by atoms with Crippen LogP contribution in [0, 0.1) is 0 Å². The predicted molar refractivity (Wildman–Crippen MR) is 111 cm³/mol. The zero-order valence-corrected chi connectivity index (χ0v) is 17.7. The minimum atomic E-state index is -0.471. The summed E-state index contributed by atoms with van der Waals surface area (Å²) in [4.78, 5) is 29.4. The van der Waals surface area contributed by atoms with Gasteiger partial charge >= 0.3 is 5.97 Å². The van der Waals surface area contributed by atoms with Crippen molar-refractivity contribution in [1.29, 1.82) is 0 Å². The van der Waals surface area contributed by atoms with Crippen LogP contribution >= 0.6 is 22.9 Å². The Labute approximate surface area is 176 Å². The Balaban J connectivity index is 2.08. The van der Waals surface area contributed by atoms with Gasteiger partial charge in [-0.15, -0.1) is 0 Å². The van der Waals surface area contributed by atoms with E-state index in [-0.39, 0.29) is 13.2 Å². The molecule has 0 aliphatic rings. The highest BCUT2D eigenvalue weighted by molar-refractivity contribution is 7.16. The van der Waals surface area contributed by atoms with E-state index in [0.29, 0.717) is 26.9 Å². The van der Waals surface area contributed by atoms with Gasteiger partial charge < -0.3 is 18.8 Å². The summed E-state index contributed by atoms with van der Waals surface area (Å²) >= 11 is 7.35. The summed E-state index contributed by atoms with van der Waals surface area (Å²) in [5.74, 6) is 0.0531. The van der Waals surface area contributed by atoms with Gasteiger partial charge in [-0.1, -0.05) is 22.9 Å². The van der Waals surface area contributed by atoms with Crippen molar-refractivity contribution in [3.63, 3.8) is 0 Å². The average Bonchev–Trinajstić information content (AvgIpc) is 3.03. The number of halogens is 1. The third-order valence-electron chi connectivity index (χ3n) is 4.07. The van der Waals surface area contributed by atoms with Crippen molar-refractivity contribution < 1.29 is 23.8 Å². The van der Waals surface area contributed by atoms with Crippen molar-refractivity contribution in [3.05, 3.63) is 51.8 Å². The van der Waals surface area contributed by atoms with Gasteiger partial charge in [0.25, 0.3) is 5.91 Å². The van der Waals surface area contributed by atoms with Crippen LogP contribution in [0.15, 0.2) is 41.4 Å². The highest BCUT2D eigenvalue weighted by atomic mass is 35.5. The Kier molecular flexibility index (Phi) is 6.56. The van der Waals surface area contributed by atoms with Crippen LogP contribution < -0.4 is 14.3 Å². The second kappa shape index (κ2) is 9.11. The Bertz CT molecular complexity index is 1140. The molecule has 0 saturated heterocycles. The minimum Gasteiger partial charge on any atom is -0.493 e. The van der Waals surface area contributed by atoms with Gasteiger partial charge in [0.1, 0.15) is 6.54 Å². The predicted octanol–water partition coefficient (Wildman–Crippen LogP) is 3.68. The van der Waals surface area contributed by atoms with Gasteiger partial charge in [-0.2, -0.15) is 4.99 Å².